The molecule has 5 aromatic rings. The highest BCUT2D eigenvalue weighted by atomic mass is 32.1. The lowest BCUT2D eigenvalue weighted by atomic mass is 10.2. The minimum Gasteiger partial charge on any atom is -0.494 e. The summed E-state index contributed by atoms with van der Waals surface area (Å²) < 4.78 is 25.3. The summed E-state index contributed by atoms with van der Waals surface area (Å²) in [5.74, 6) is 2.81. The molecule has 5 rings (SSSR count). The molecule has 0 atom stereocenters. The first-order chi connectivity index (χ1) is 19.2. The van der Waals surface area contributed by atoms with E-state index in [2.05, 4.69) is 11.9 Å². The fourth-order valence-electron chi connectivity index (χ4n) is 4.32. The van der Waals surface area contributed by atoms with Gasteiger partial charge in [-0.1, -0.05) is 55.7 Å². The van der Waals surface area contributed by atoms with Crippen molar-refractivity contribution in [2.45, 2.75) is 32.6 Å². The zero-order valence-electron chi connectivity index (χ0n) is 22.2. The monoisotopic (exact) mass is 544 g/mol. The number of aromatic nitrogens is 2. The summed E-state index contributed by atoms with van der Waals surface area (Å²) in [7, 11) is 1.60. The number of rotatable bonds is 13. The molecule has 39 heavy (non-hydrogen) atoms. The molecule has 0 amide bonds. The Balaban J connectivity index is 1.17. The molecular formula is C31H32N2O5S. The summed E-state index contributed by atoms with van der Waals surface area (Å²) in [6.07, 6.45) is 6.60. The summed E-state index contributed by atoms with van der Waals surface area (Å²) in [6.45, 7) is 3.68. The molecule has 2 aromatic heterocycles. The van der Waals surface area contributed by atoms with Crippen molar-refractivity contribution in [2.75, 3.05) is 26.9 Å². The van der Waals surface area contributed by atoms with E-state index in [0.29, 0.717) is 34.2 Å². The molecule has 0 radical (unpaired) electrons. The summed E-state index contributed by atoms with van der Waals surface area (Å²) in [5.41, 5.74) is 2.40. The third-order valence-electron chi connectivity index (χ3n) is 6.33. The topological polar surface area (TPSA) is 71.3 Å². The van der Waals surface area contributed by atoms with Gasteiger partial charge in [0.05, 0.1) is 29.3 Å². The standard InChI is InChI=1S/C31H32N2O5S/c1-3-4-5-8-17-36-23-12-14-24(15-13-23)37-18-19-38-27-16-11-22(20-28(27)35-2)21-29-30(34)33-26-10-7-6-9-25(26)32-31(33)39-29/h6-7,9-16,20-21H,3-5,8,17-19H2,1-2H3/b29-21-. The lowest BCUT2D eigenvalue weighted by molar-refractivity contribution is 0.211. The van der Waals surface area contributed by atoms with Gasteiger partial charge in [0.2, 0.25) is 0 Å². The quantitative estimate of drug-likeness (QED) is 0.172. The van der Waals surface area contributed by atoms with Gasteiger partial charge in [0, 0.05) is 0 Å². The van der Waals surface area contributed by atoms with Crippen molar-refractivity contribution < 1.29 is 18.9 Å². The first-order valence-corrected chi connectivity index (χ1v) is 14.1. The second-order valence-electron chi connectivity index (χ2n) is 9.12. The maximum Gasteiger partial charge on any atom is 0.274 e. The summed E-state index contributed by atoms with van der Waals surface area (Å²) in [4.78, 5) is 18.3. The number of nitrogens with zero attached hydrogens (tertiary/aromatic N) is 2. The number of benzene rings is 3. The van der Waals surface area contributed by atoms with Crippen LogP contribution in [0.15, 0.2) is 71.5 Å². The predicted molar refractivity (Wildman–Crippen MR) is 156 cm³/mol. The number of fused-ring (bicyclic) bond motifs is 3. The van der Waals surface area contributed by atoms with E-state index in [1.165, 1.54) is 30.6 Å². The predicted octanol–water partition coefficient (Wildman–Crippen LogP) is 5.88. The second kappa shape index (κ2) is 12.7. The van der Waals surface area contributed by atoms with Crippen LogP contribution >= 0.6 is 11.3 Å². The van der Waals surface area contributed by atoms with Crippen LogP contribution in [0.2, 0.25) is 0 Å². The van der Waals surface area contributed by atoms with E-state index in [1.807, 2.05) is 72.8 Å². The minimum absolute atomic E-state index is 0.0771. The van der Waals surface area contributed by atoms with Gasteiger partial charge in [0.25, 0.3) is 5.56 Å². The Morgan fingerprint density at radius 1 is 0.846 bits per heavy atom. The van der Waals surface area contributed by atoms with Crippen molar-refractivity contribution in [3.05, 3.63) is 87.2 Å². The lowest BCUT2D eigenvalue weighted by Gasteiger charge is -2.12. The largest absolute Gasteiger partial charge is 0.494 e. The van der Waals surface area contributed by atoms with Gasteiger partial charge >= 0.3 is 0 Å². The first kappa shape index (κ1) is 26.6. The maximum atomic E-state index is 13.0. The van der Waals surface area contributed by atoms with Gasteiger partial charge in [-0.2, -0.15) is 0 Å². The molecule has 0 unspecified atom stereocenters. The van der Waals surface area contributed by atoms with E-state index >= 15 is 0 Å². The van der Waals surface area contributed by atoms with Crippen LogP contribution in [0.3, 0.4) is 0 Å². The first-order valence-electron chi connectivity index (χ1n) is 13.2. The number of hydrogen-bond acceptors (Lipinski definition) is 7. The lowest BCUT2D eigenvalue weighted by Crippen LogP contribution is -2.22. The number of para-hydroxylation sites is 2. The van der Waals surface area contributed by atoms with Crippen LogP contribution in [-0.2, 0) is 0 Å². The Morgan fingerprint density at radius 3 is 2.36 bits per heavy atom. The van der Waals surface area contributed by atoms with Crippen LogP contribution in [0.5, 0.6) is 23.0 Å². The molecular weight excluding hydrogens is 512 g/mol. The van der Waals surface area contributed by atoms with Gasteiger partial charge in [-0.25, -0.2) is 9.38 Å². The van der Waals surface area contributed by atoms with Gasteiger partial charge in [-0.3, -0.25) is 4.79 Å². The Labute approximate surface area is 231 Å². The van der Waals surface area contributed by atoms with E-state index in [9.17, 15) is 4.79 Å². The smallest absolute Gasteiger partial charge is 0.274 e. The van der Waals surface area contributed by atoms with Gasteiger partial charge in [-0.05, 0) is 66.6 Å². The number of ether oxygens (including phenoxy) is 4. The molecule has 0 aliphatic carbocycles. The van der Waals surface area contributed by atoms with Crippen molar-refractivity contribution in [2.24, 2.45) is 0 Å². The fraction of sp³-hybridized carbons (Fsp3) is 0.290. The number of imidazole rings is 1. The molecule has 202 valence electrons. The van der Waals surface area contributed by atoms with Gasteiger partial charge < -0.3 is 18.9 Å². The highest BCUT2D eigenvalue weighted by Gasteiger charge is 2.11. The summed E-state index contributed by atoms with van der Waals surface area (Å²) in [6, 6.07) is 20.9. The molecule has 0 aliphatic rings. The zero-order chi connectivity index (χ0) is 27.0. The van der Waals surface area contributed by atoms with E-state index in [1.54, 1.807) is 11.5 Å². The van der Waals surface area contributed by atoms with Crippen molar-refractivity contribution >= 4 is 33.4 Å². The number of thiazole rings is 1. The van der Waals surface area contributed by atoms with Crippen LogP contribution in [0.1, 0.15) is 38.2 Å². The van der Waals surface area contributed by atoms with Crippen molar-refractivity contribution in [3.63, 3.8) is 0 Å². The minimum atomic E-state index is -0.0771. The average molecular weight is 545 g/mol. The molecule has 0 fully saturated rings. The van der Waals surface area contributed by atoms with Crippen molar-refractivity contribution in [1.82, 2.24) is 9.38 Å². The number of hydrogen-bond donors (Lipinski definition) is 0. The van der Waals surface area contributed by atoms with Crippen molar-refractivity contribution in [3.8, 4) is 23.0 Å². The number of unbranched alkanes of at least 4 members (excludes halogenated alkanes) is 3. The van der Waals surface area contributed by atoms with Gasteiger partial charge in [0.15, 0.2) is 16.5 Å². The summed E-state index contributed by atoms with van der Waals surface area (Å²) >= 11 is 1.37. The van der Waals surface area contributed by atoms with Crippen LogP contribution in [0, 0.1) is 0 Å². The van der Waals surface area contributed by atoms with Gasteiger partial charge in [-0.15, -0.1) is 0 Å². The molecule has 2 heterocycles. The Kier molecular flexibility index (Phi) is 8.63. The molecule has 8 heteroatoms. The van der Waals surface area contributed by atoms with Crippen LogP contribution in [0.4, 0.5) is 0 Å². The molecule has 3 aromatic carbocycles. The Hall–Kier alpha value is -4.04. The molecule has 0 spiro atoms. The van der Waals surface area contributed by atoms with Crippen LogP contribution in [0.25, 0.3) is 22.1 Å². The molecule has 0 aliphatic heterocycles. The molecule has 0 N–H and O–H groups in total. The van der Waals surface area contributed by atoms with Gasteiger partial charge in [0.1, 0.15) is 24.7 Å². The summed E-state index contributed by atoms with van der Waals surface area (Å²) in [5, 5.41) is 0. The van der Waals surface area contributed by atoms with E-state index in [-0.39, 0.29) is 5.56 Å². The second-order valence-corrected chi connectivity index (χ2v) is 10.1. The average Bonchev–Trinajstić information content (AvgIpc) is 3.47. The molecule has 7 nitrogen and oxygen atoms in total. The van der Waals surface area contributed by atoms with E-state index in [4.69, 9.17) is 18.9 Å². The van der Waals surface area contributed by atoms with E-state index in [0.717, 1.165) is 41.1 Å². The maximum absolute atomic E-state index is 13.0. The SMILES string of the molecule is CCCCCCOc1ccc(OCCOc2ccc(/C=c3\sc4nc5ccccc5n4c3=O)cc2OC)cc1. The molecule has 0 saturated carbocycles. The van der Waals surface area contributed by atoms with Crippen LogP contribution < -0.4 is 29.0 Å². The normalized spacial score (nSPS) is 11.8. The Morgan fingerprint density at radius 2 is 1.59 bits per heavy atom. The fourth-order valence-corrected chi connectivity index (χ4v) is 5.31. The zero-order valence-corrected chi connectivity index (χ0v) is 23.0. The Bertz CT molecular complexity index is 1640. The third-order valence-corrected chi connectivity index (χ3v) is 7.30. The third kappa shape index (κ3) is 6.34. The number of methoxy groups -OCH3 is 1. The highest BCUT2D eigenvalue weighted by Crippen LogP contribution is 2.28. The van der Waals surface area contributed by atoms with Crippen LogP contribution in [-0.4, -0.2) is 36.3 Å². The van der Waals surface area contributed by atoms with E-state index < -0.39 is 0 Å². The molecule has 0 bridgehead atoms. The van der Waals surface area contributed by atoms with Crippen molar-refractivity contribution in [1.29, 1.82) is 0 Å². The molecule has 0 saturated heterocycles. The highest BCUT2D eigenvalue weighted by molar-refractivity contribution is 7.15.